The van der Waals surface area contributed by atoms with Crippen LogP contribution >= 0.6 is 6.89 Å². The Kier molecular flexibility index (Phi) is 7.10. The molecular weight excluding hydrogens is 399 g/mol. The van der Waals surface area contributed by atoms with Gasteiger partial charge >= 0.3 is 5.97 Å². The van der Waals surface area contributed by atoms with Crippen molar-refractivity contribution in [3.05, 3.63) is 91.0 Å². The molecule has 0 atom stereocenters. The molecule has 0 radical (unpaired) electrons. The molecule has 1 fully saturated rings. The van der Waals surface area contributed by atoms with Crippen LogP contribution < -0.4 is 15.9 Å². The fourth-order valence-electron chi connectivity index (χ4n) is 4.98. The number of carbonyl (C=O) groups excluding carboxylic acids is 1. The lowest BCUT2D eigenvalue weighted by molar-refractivity contribution is -0.135. The van der Waals surface area contributed by atoms with E-state index in [9.17, 15) is 4.79 Å². The molecule has 4 rings (SSSR count). The number of rotatable bonds is 6. The maximum absolute atomic E-state index is 13.8. The molecule has 160 valence electrons. The van der Waals surface area contributed by atoms with Crippen molar-refractivity contribution in [2.45, 2.75) is 39.0 Å². The second-order valence-electron chi connectivity index (χ2n) is 8.12. The van der Waals surface area contributed by atoms with Crippen LogP contribution in [-0.4, -0.2) is 17.9 Å². The topological polar surface area (TPSA) is 26.3 Å². The van der Waals surface area contributed by atoms with Gasteiger partial charge in [-0.1, -0.05) is 110 Å². The minimum atomic E-state index is -2.38. The Morgan fingerprint density at radius 1 is 0.742 bits per heavy atom. The second-order valence-corrected chi connectivity index (χ2v) is 11.5. The molecule has 0 aromatic heterocycles. The van der Waals surface area contributed by atoms with Gasteiger partial charge in [0, 0.05) is 0 Å². The van der Waals surface area contributed by atoms with Gasteiger partial charge in [0.15, 0.2) is 0 Å². The third-order valence-electron chi connectivity index (χ3n) is 6.27. The molecule has 0 spiro atoms. The van der Waals surface area contributed by atoms with Gasteiger partial charge in [-0.2, -0.15) is 0 Å². The van der Waals surface area contributed by atoms with Crippen LogP contribution in [0.25, 0.3) is 0 Å². The average Bonchev–Trinajstić information content (AvgIpc) is 2.85. The molecule has 0 aliphatic heterocycles. The Balaban J connectivity index is 2.19. The van der Waals surface area contributed by atoms with Crippen molar-refractivity contribution in [3.63, 3.8) is 0 Å². The normalized spacial score (nSPS) is 14.7. The van der Waals surface area contributed by atoms with Gasteiger partial charge in [-0.3, -0.25) is 0 Å². The molecule has 0 bridgehead atoms. The molecule has 0 unspecified atom stereocenters. The first-order valence-electron chi connectivity index (χ1n) is 11.4. The first kappa shape index (κ1) is 21.7. The fraction of sp³-hybridized carbons (Fsp3) is 0.286. The zero-order valence-electron chi connectivity index (χ0n) is 18.2. The van der Waals surface area contributed by atoms with E-state index in [1.165, 1.54) is 35.2 Å². The first-order chi connectivity index (χ1) is 15.3. The third kappa shape index (κ3) is 4.27. The van der Waals surface area contributed by atoms with E-state index in [1.54, 1.807) is 0 Å². The van der Waals surface area contributed by atoms with Crippen molar-refractivity contribution in [3.8, 4) is 0 Å². The van der Waals surface area contributed by atoms with Gasteiger partial charge in [0.05, 0.1) is 11.9 Å². The zero-order valence-corrected chi connectivity index (χ0v) is 19.1. The molecular formula is C28H31O2P. The monoisotopic (exact) mass is 430 g/mol. The molecule has 1 aliphatic rings. The highest BCUT2D eigenvalue weighted by molar-refractivity contribution is 7.96. The van der Waals surface area contributed by atoms with Gasteiger partial charge in [-0.05, 0) is 48.5 Å². The smallest absolute Gasteiger partial charge is 0.335 e. The number of benzene rings is 3. The fourth-order valence-corrected chi connectivity index (χ4v) is 9.71. The minimum Gasteiger partial charge on any atom is -0.463 e. The summed E-state index contributed by atoms with van der Waals surface area (Å²) in [6.45, 7) is -0.0725. The van der Waals surface area contributed by atoms with Crippen LogP contribution in [0, 0.1) is 5.92 Å². The van der Waals surface area contributed by atoms with Crippen LogP contribution in [0.2, 0.25) is 0 Å². The van der Waals surface area contributed by atoms with Gasteiger partial charge in [0.1, 0.15) is 0 Å². The summed E-state index contributed by atoms with van der Waals surface area (Å²) in [6, 6.07) is 32.0. The highest BCUT2D eigenvalue weighted by Gasteiger charge is 2.37. The van der Waals surface area contributed by atoms with E-state index < -0.39 is 6.89 Å². The molecule has 31 heavy (non-hydrogen) atoms. The average molecular weight is 431 g/mol. The van der Waals surface area contributed by atoms with Gasteiger partial charge in [-0.25, -0.2) is 4.79 Å². The summed E-state index contributed by atoms with van der Waals surface area (Å²) in [7, 11) is 0. The van der Waals surface area contributed by atoms with Crippen LogP contribution in [-0.2, 0) is 9.53 Å². The minimum absolute atomic E-state index is 0.112. The second kappa shape index (κ2) is 10.2. The molecule has 3 aromatic rings. The molecule has 1 aliphatic carbocycles. The molecule has 0 saturated heterocycles. The first-order valence-corrected chi connectivity index (χ1v) is 13.2. The lowest BCUT2D eigenvalue weighted by Crippen LogP contribution is -2.38. The largest absolute Gasteiger partial charge is 0.463 e. The maximum Gasteiger partial charge on any atom is 0.335 e. The van der Waals surface area contributed by atoms with Crippen molar-refractivity contribution in [2.24, 2.45) is 5.92 Å². The van der Waals surface area contributed by atoms with Crippen molar-refractivity contribution < 1.29 is 9.53 Å². The molecule has 1 saturated carbocycles. The van der Waals surface area contributed by atoms with Crippen LogP contribution in [0.1, 0.15) is 39.0 Å². The van der Waals surface area contributed by atoms with E-state index in [2.05, 4.69) is 91.0 Å². The Labute approximate surface area is 186 Å². The summed E-state index contributed by atoms with van der Waals surface area (Å²) in [5.74, 6) is 0.140. The lowest BCUT2D eigenvalue weighted by Gasteiger charge is -2.36. The summed E-state index contributed by atoms with van der Waals surface area (Å²) in [4.78, 5) is 13.8. The molecule has 0 amide bonds. The zero-order chi connectivity index (χ0) is 21.5. The number of hydrogen-bond acceptors (Lipinski definition) is 2. The van der Waals surface area contributed by atoms with Crippen molar-refractivity contribution >= 4 is 34.1 Å². The molecule has 0 N–H and O–H groups in total. The van der Waals surface area contributed by atoms with Crippen molar-refractivity contribution in [1.82, 2.24) is 0 Å². The van der Waals surface area contributed by atoms with Crippen LogP contribution in [0.5, 0.6) is 0 Å². The standard InChI is InChI=1S/C28H31O2P/c1-2-30-28(29)27(23-15-7-3-8-16-23)31(24-17-9-4-10-18-24,25-19-11-5-12-20-25)26-21-13-6-14-22-26/h4-6,9-14,17-23H,2-3,7-8,15-16H2,1H3. The Morgan fingerprint density at radius 3 is 1.55 bits per heavy atom. The van der Waals surface area contributed by atoms with Gasteiger partial charge < -0.3 is 4.74 Å². The van der Waals surface area contributed by atoms with E-state index >= 15 is 0 Å². The Morgan fingerprint density at radius 2 is 1.16 bits per heavy atom. The number of hydrogen-bond donors (Lipinski definition) is 0. The SMILES string of the molecule is CCOC(=O)C(C1CCCCC1)=P(c1ccccc1)(c1ccccc1)c1ccccc1. The molecule has 0 heterocycles. The maximum atomic E-state index is 13.8. The molecule has 3 aromatic carbocycles. The van der Waals surface area contributed by atoms with Crippen molar-refractivity contribution in [2.75, 3.05) is 6.61 Å². The summed E-state index contributed by atoms with van der Waals surface area (Å²) in [6.07, 6.45) is 5.71. The number of carbonyl (C=O) groups is 1. The van der Waals surface area contributed by atoms with Crippen LogP contribution in [0.3, 0.4) is 0 Å². The highest BCUT2D eigenvalue weighted by atomic mass is 31.2. The summed E-state index contributed by atoms with van der Waals surface area (Å²) in [5, 5.41) is 4.67. The summed E-state index contributed by atoms with van der Waals surface area (Å²) >= 11 is 0. The van der Waals surface area contributed by atoms with Gasteiger partial charge in [0.2, 0.25) is 0 Å². The van der Waals surface area contributed by atoms with E-state index in [-0.39, 0.29) is 11.9 Å². The molecule has 3 heteroatoms. The number of ether oxygens (including phenoxy) is 1. The van der Waals surface area contributed by atoms with E-state index in [4.69, 9.17) is 4.74 Å². The summed E-state index contributed by atoms with van der Waals surface area (Å²) < 4.78 is 5.78. The van der Waals surface area contributed by atoms with E-state index in [0.717, 1.165) is 18.1 Å². The predicted octanol–water partition coefficient (Wildman–Crippen LogP) is 5.30. The summed E-state index contributed by atoms with van der Waals surface area (Å²) in [5.41, 5.74) is 0. The van der Waals surface area contributed by atoms with E-state index in [0.29, 0.717) is 6.61 Å². The van der Waals surface area contributed by atoms with Crippen molar-refractivity contribution in [1.29, 1.82) is 0 Å². The highest BCUT2D eigenvalue weighted by Crippen LogP contribution is 2.49. The van der Waals surface area contributed by atoms with Gasteiger partial charge in [-0.15, -0.1) is 0 Å². The lowest BCUT2D eigenvalue weighted by atomic mass is 9.87. The van der Waals surface area contributed by atoms with Crippen LogP contribution in [0.15, 0.2) is 91.0 Å². The van der Waals surface area contributed by atoms with E-state index in [1.807, 2.05) is 6.92 Å². The number of esters is 1. The Hall–Kier alpha value is -2.57. The molecule has 2 nitrogen and oxygen atoms in total. The Bertz CT molecular complexity index is 933. The third-order valence-corrected chi connectivity index (χ3v) is 10.8. The quantitative estimate of drug-likeness (QED) is 0.392. The predicted molar refractivity (Wildman–Crippen MR) is 133 cm³/mol. The van der Waals surface area contributed by atoms with Gasteiger partial charge in [0.25, 0.3) is 0 Å². The van der Waals surface area contributed by atoms with Crippen LogP contribution in [0.4, 0.5) is 0 Å².